The second kappa shape index (κ2) is 9.95. The molecule has 0 atom stereocenters. The number of hydrogen-bond donors (Lipinski definition) is 3. The summed E-state index contributed by atoms with van der Waals surface area (Å²) < 4.78 is 2.06. The third-order valence-corrected chi connectivity index (χ3v) is 6.14. The maximum absolute atomic E-state index is 10.6. The molecular weight excluding hydrogens is 408 g/mol. The normalized spacial score (nSPS) is 15.3. The first kappa shape index (κ1) is 22.0. The van der Waals surface area contributed by atoms with E-state index < -0.39 is 5.97 Å². The van der Waals surface area contributed by atoms with Crippen molar-refractivity contribution in [3.8, 4) is 17.0 Å². The van der Waals surface area contributed by atoms with Crippen LogP contribution in [0.4, 0.5) is 5.82 Å². The molecule has 9 nitrogen and oxygen atoms in total. The van der Waals surface area contributed by atoms with Gasteiger partial charge in [-0.15, -0.1) is 10.2 Å². The fraction of sp³-hybridized carbons (Fsp3) is 0.478. The van der Waals surface area contributed by atoms with E-state index in [1.54, 1.807) is 12.1 Å². The third kappa shape index (κ3) is 4.83. The average Bonchev–Trinajstić information content (AvgIpc) is 3.17. The number of carbonyl (C=O) groups is 1. The Morgan fingerprint density at radius 1 is 1.16 bits per heavy atom. The van der Waals surface area contributed by atoms with E-state index in [4.69, 9.17) is 10.2 Å². The molecule has 1 aromatic carbocycles. The number of aliphatic carboxylic acids is 1. The van der Waals surface area contributed by atoms with E-state index in [2.05, 4.69) is 25.1 Å². The number of phenols is 1. The number of unbranched alkanes of at least 4 members (excludes halogenated alkanes) is 2. The molecule has 0 spiro atoms. The molecule has 170 valence electrons. The van der Waals surface area contributed by atoms with Crippen molar-refractivity contribution in [3.63, 3.8) is 0 Å². The molecule has 0 aliphatic carbocycles. The number of rotatable bonds is 9. The smallest absolute Gasteiger partial charge is 0.303 e. The molecule has 9 heteroatoms. The summed E-state index contributed by atoms with van der Waals surface area (Å²) in [6, 6.07) is 9.36. The van der Waals surface area contributed by atoms with Gasteiger partial charge in [0, 0.05) is 32.1 Å². The number of aromatic nitrogens is 4. The van der Waals surface area contributed by atoms with Crippen LogP contribution in [0.3, 0.4) is 0 Å². The molecule has 0 bridgehead atoms. The van der Waals surface area contributed by atoms with Crippen LogP contribution in [-0.2, 0) is 4.79 Å². The first-order chi connectivity index (χ1) is 15.6. The molecule has 1 aliphatic heterocycles. The topological polar surface area (TPSA) is 116 Å². The van der Waals surface area contributed by atoms with Crippen LogP contribution in [-0.4, -0.2) is 67.7 Å². The molecule has 4 rings (SSSR count). The molecule has 0 saturated carbocycles. The lowest BCUT2D eigenvalue weighted by atomic mass is 10.0. The van der Waals surface area contributed by atoms with Crippen LogP contribution in [0.5, 0.6) is 5.75 Å². The lowest BCUT2D eigenvalue weighted by molar-refractivity contribution is -0.137. The van der Waals surface area contributed by atoms with Gasteiger partial charge in [-0.25, -0.2) is 0 Å². The van der Waals surface area contributed by atoms with Gasteiger partial charge in [-0.2, -0.15) is 5.10 Å². The zero-order valence-electron chi connectivity index (χ0n) is 18.4. The van der Waals surface area contributed by atoms with E-state index >= 15 is 0 Å². The van der Waals surface area contributed by atoms with Crippen LogP contribution in [0.1, 0.15) is 44.6 Å². The van der Waals surface area contributed by atoms with Crippen molar-refractivity contribution in [2.75, 3.05) is 32.0 Å². The van der Waals surface area contributed by atoms with E-state index in [9.17, 15) is 9.90 Å². The zero-order valence-corrected chi connectivity index (χ0v) is 18.4. The third-order valence-electron chi connectivity index (χ3n) is 6.14. The first-order valence-corrected chi connectivity index (χ1v) is 11.2. The number of carboxylic acids is 1. The van der Waals surface area contributed by atoms with E-state index in [0.29, 0.717) is 17.1 Å². The highest BCUT2D eigenvalue weighted by Crippen LogP contribution is 2.33. The predicted octanol–water partition coefficient (Wildman–Crippen LogP) is 3.52. The summed E-state index contributed by atoms with van der Waals surface area (Å²) in [5, 5.41) is 35.6. The highest BCUT2D eigenvalue weighted by atomic mass is 16.4. The van der Waals surface area contributed by atoms with E-state index in [1.165, 1.54) is 0 Å². The Labute approximate surface area is 187 Å². The fourth-order valence-electron chi connectivity index (χ4n) is 4.38. The number of anilines is 1. The predicted molar refractivity (Wildman–Crippen MR) is 123 cm³/mol. The molecule has 32 heavy (non-hydrogen) atoms. The monoisotopic (exact) mass is 438 g/mol. The number of hydrogen-bond acceptors (Lipinski definition) is 7. The van der Waals surface area contributed by atoms with Crippen LogP contribution < -0.4 is 5.32 Å². The van der Waals surface area contributed by atoms with Gasteiger partial charge in [0.1, 0.15) is 5.75 Å². The Morgan fingerprint density at radius 3 is 2.66 bits per heavy atom. The number of aromatic hydroxyl groups is 1. The van der Waals surface area contributed by atoms with Crippen molar-refractivity contribution in [3.05, 3.63) is 30.3 Å². The summed E-state index contributed by atoms with van der Waals surface area (Å²) in [4.78, 5) is 13.1. The highest BCUT2D eigenvalue weighted by molar-refractivity contribution is 5.88. The number of nitrogens with one attached hydrogen (secondary N) is 1. The van der Waals surface area contributed by atoms with Crippen LogP contribution >= 0.6 is 0 Å². The van der Waals surface area contributed by atoms with Crippen molar-refractivity contribution in [1.29, 1.82) is 0 Å². The number of likely N-dealkylation sites (tertiary alicyclic amines) is 1. The van der Waals surface area contributed by atoms with Gasteiger partial charge in [-0.3, -0.25) is 9.48 Å². The summed E-state index contributed by atoms with van der Waals surface area (Å²) in [7, 11) is 1.83. The minimum Gasteiger partial charge on any atom is -0.507 e. The Kier molecular flexibility index (Phi) is 6.84. The molecule has 1 aliphatic rings. The summed E-state index contributed by atoms with van der Waals surface area (Å²) in [5.74, 6) is 0.170. The lowest BCUT2D eigenvalue weighted by Gasteiger charge is -2.32. The van der Waals surface area contributed by atoms with E-state index in [-0.39, 0.29) is 18.2 Å². The maximum Gasteiger partial charge on any atom is 0.303 e. The average molecular weight is 439 g/mol. The van der Waals surface area contributed by atoms with Gasteiger partial charge in [0.25, 0.3) is 0 Å². The van der Waals surface area contributed by atoms with Crippen LogP contribution in [0.2, 0.25) is 0 Å². The van der Waals surface area contributed by atoms with Gasteiger partial charge in [-0.05, 0) is 50.4 Å². The van der Waals surface area contributed by atoms with Gasteiger partial charge >= 0.3 is 5.97 Å². The molecular formula is C23H30N6O3. The van der Waals surface area contributed by atoms with Crippen molar-refractivity contribution >= 4 is 22.8 Å². The Hall–Kier alpha value is -3.20. The number of carboxylic acid groups (broad SMARTS) is 1. The maximum atomic E-state index is 10.6. The van der Waals surface area contributed by atoms with Crippen molar-refractivity contribution in [1.82, 2.24) is 24.9 Å². The summed E-state index contributed by atoms with van der Waals surface area (Å²) >= 11 is 0. The number of piperidine rings is 1. The van der Waals surface area contributed by atoms with Crippen molar-refractivity contribution in [2.45, 2.75) is 44.6 Å². The van der Waals surface area contributed by atoms with Crippen LogP contribution in [0.25, 0.3) is 22.3 Å². The molecule has 0 radical (unpaired) electrons. The quantitative estimate of drug-likeness (QED) is 0.435. The Morgan fingerprint density at radius 2 is 1.94 bits per heavy atom. The number of benzene rings is 1. The summed E-state index contributed by atoms with van der Waals surface area (Å²) in [6.45, 7) is 2.99. The number of nitrogens with zero attached hydrogens (tertiary/aromatic N) is 5. The Bertz CT molecular complexity index is 1070. The van der Waals surface area contributed by atoms with Crippen molar-refractivity contribution in [2.24, 2.45) is 0 Å². The molecule has 3 N–H and O–H groups in total. The largest absolute Gasteiger partial charge is 0.507 e. The standard InChI is InChI=1S/C23H30N6O3/c1-24-23-22-19(15-18(25-26-22)17-7-4-5-8-20(17)30)29(27-23)16-10-13-28(14-11-16)12-6-2-3-9-21(31)32/h4-5,7-8,15-16,30H,2-3,6,9-14H2,1H3,(H,24,27)(H,31,32). The van der Waals surface area contributed by atoms with Gasteiger partial charge in [0.15, 0.2) is 11.3 Å². The minimum absolute atomic E-state index is 0.178. The van der Waals surface area contributed by atoms with Crippen LogP contribution in [0.15, 0.2) is 30.3 Å². The minimum atomic E-state index is -0.714. The van der Waals surface area contributed by atoms with Gasteiger partial charge in [0.2, 0.25) is 0 Å². The lowest BCUT2D eigenvalue weighted by Crippen LogP contribution is -2.35. The zero-order chi connectivity index (χ0) is 22.5. The van der Waals surface area contributed by atoms with Crippen molar-refractivity contribution < 1.29 is 15.0 Å². The SMILES string of the molecule is CNc1nn(C2CCN(CCCCCC(=O)O)CC2)c2cc(-c3ccccc3O)nnc12. The molecule has 1 fully saturated rings. The van der Waals surface area contributed by atoms with Gasteiger partial charge < -0.3 is 20.4 Å². The first-order valence-electron chi connectivity index (χ1n) is 11.2. The molecule has 0 amide bonds. The van der Waals surface area contributed by atoms with E-state index in [0.717, 1.165) is 62.8 Å². The Balaban J connectivity index is 1.46. The fourth-order valence-corrected chi connectivity index (χ4v) is 4.38. The van der Waals surface area contributed by atoms with Gasteiger partial charge in [-0.1, -0.05) is 18.6 Å². The second-order valence-electron chi connectivity index (χ2n) is 8.30. The van der Waals surface area contributed by atoms with Crippen LogP contribution in [0, 0.1) is 0 Å². The molecule has 2 aromatic heterocycles. The number of para-hydroxylation sites is 1. The molecule has 3 heterocycles. The molecule has 0 unspecified atom stereocenters. The summed E-state index contributed by atoms with van der Waals surface area (Å²) in [5.41, 5.74) is 2.92. The molecule has 1 saturated heterocycles. The second-order valence-corrected chi connectivity index (χ2v) is 8.30. The number of fused-ring (bicyclic) bond motifs is 1. The number of phenolic OH excluding ortho intramolecular Hbond substituents is 1. The molecule has 3 aromatic rings. The van der Waals surface area contributed by atoms with E-state index in [1.807, 2.05) is 25.2 Å². The van der Waals surface area contributed by atoms with Gasteiger partial charge in [0.05, 0.1) is 17.3 Å². The highest BCUT2D eigenvalue weighted by Gasteiger charge is 2.25. The summed E-state index contributed by atoms with van der Waals surface area (Å²) in [6.07, 6.45) is 4.97.